The second-order valence-corrected chi connectivity index (χ2v) is 7.12. The molecule has 2 fully saturated rings. The summed E-state index contributed by atoms with van der Waals surface area (Å²) in [7, 11) is 0. The van der Waals surface area contributed by atoms with E-state index in [9.17, 15) is 0 Å². The number of hydrogen-bond donors (Lipinski definition) is 1. The molecule has 2 heteroatoms. The van der Waals surface area contributed by atoms with E-state index in [1.54, 1.807) is 0 Å². The van der Waals surface area contributed by atoms with Crippen molar-refractivity contribution in [1.82, 2.24) is 10.2 Å². The van der Waals surface area contributed by atoms with Gasteiger partial charge in [-0.1, -0.05) is 20.8 Å². The molecule has 2 aliphatic rings. The van der Waals surface area contributed by atoms with Crippen LogP contribution in [0.2, 0.25) is 0 Å². The minimum Gasteiger partial charge on any atom is -0.317 e. The summed E-state index contributed by atoms with van der Waals surface area (Å²) in [5, 5.41) is 3.50. The van der Waals surface area contributed by atoms with Gasteiger partial charge in [0.2, 0.25) is 0 Å². The molecule has 0 aromatic heterocycles. The highest BCUT2D eigenvalue weighted by Gasteiger charge is 2.36. The van der Waals surface area contributed by atoms with Crippen LogP contribution in [0.25, 0.3) is 0 Å². The van der Waals surface area contributed by atoms with Gasteiger partial charge in [-0.25, -0.2) is 0 Å². The summed E-state index contributed by atoms with van der Waals surface area (Å²) in [6, 6.07) is 0. The maximum Gasteiger partial charge on any atom is 0.00392 e. The molecule has 2 rings (SSSR count). The number of nitrogens with one attached hydrogen (secondary N) is 1. The SMILES string of the molecule is CC(C)(C)CN1CCCC2(CCNCC2)C1. The molecule has 2 saturated heterocycles. The lowest BCUT2D eigenvalue weighted by Gasteiger charge is -2.47. The van der Waals surface area contributed by atoms with Gasteiger partial charge in [-0.2, -0.15) is 0 Å². The molecule has 16 heavy (non-hydrogen) atoms. The Labute approximate surface area is 101 Å². The third-order valence-electron chi connectivity index (χ3n) is 4.10. The minimum absolute atomic E-state index is 0.450. The van der Waals surface area contributed by atoms with Crippen molar-refractivity contribution < 1.29 is 0 Å². The van der Waals surface area contributed by atoms with Gasteiger partial charge in [0.25, 0.3) is 0 Å². The van der Waals surface area contributed by atoms with E-state index in [1.807, 2.05) is 0 Å². The summed E-state index contributed by atoms with van der Waals surface area (Å²) in [6.07, 6.45) is 5.67. The lowest BCUT2D eigenvalue weighted by molar-refractivity contribution is 0.0410. The highest BCUT2D eigenvalue weighted by molar-refractivity contribution is 4.91. The monoisotopic (exact) mass is 224 g/mol. The van der Waals surface area contributed by atoms with Gasteiger partial charge in [-0.3, -0.25) is 0 Å². The zero-order valence-electron chi connectivity index (χ0n) is 11.3. The van der Waals surface area contributed by atoms with Crippen molar-refractivity contribution in [2.75, 3.05) is 32.7 Å². The number of piperidine rings is 2. The Hall–Kier alpha value is -0.0800. The first-order valence-electron chi connectivity index (χ1n) is 6.92. The minimum atomic E-state index is 0.450. The zero-order chi connectivity index (χ0) is 11.6. The van der Waals surface area contributed by atoms with Crippen LogP contribution in [0.1, 0.15) is 46.5 Å². The Kier molecular flexibility index (Phi) is 3.60. The molecule has 0 saturated carbocycles. The van der Waals surface area contributed by atoms with Gasteiger partial charge in [0, 0.05) is 13.1 Å². The van der Waals surface area contributed by atoms with Gasteiger partial charge in [0.05, 0.1) is 0 Å². The lowest BCUT2D eigenvalue weighted by atomic mass is 9.72. The van der Waals surface area contributed by atoms with Crippen molar-refractivity contribution in [2.45, 2.75) is 46.5 Å². The number of hydrogen-bond acceptors (Lipinski definition) is 2. The molecule has 2 aliphatic heterocycles. The molecule has 2 heterocycles. The fraction of sp³-hybridized carbons (Fsp3) is 1.00. The molecular weight excluding hydrogens is 196 g/mol. The van der Waals surface area contributed by atoms with Gasteiger partial charge in [0.15, 0.2) is 0 Å². The zero-order valence-corrected chi connectivity index (χ0v) is 11.3. The molecule has 1 spiro atoms. The normalized spacial score (nSPS) is 27.2. The van der Waals surface area contributed by atoms with Gasteiger partial charge < -0.3 is 10.2 Å². The van der Waals surface area contributed by atoms with Crippen LogP contribution in [0.3, 0.4) is 0 Å². The van der Waals surface area contributed by atoms with Crippen LogP contribution >= 0.6 is 0 Å². The van der Waals surface area contributed by atoms with Crippen molar-refractivity contribution in [3.05, 3.63) is 0 Å². The third kappa shape index (κ3) is 3.21. The topological polar surface area (TPSA) is 15.3 Å². The average Bonchev–Trinajstić information content (AvgIpc) is 2.16. The van der Waals surface area contributed by atoms with E-state index in [4.69, 9.17) is 0 Å². The number of likely N-dealkylation sites (tertiary alicyclic amines) is 1. The Bertz CT molecular complexity index is 218. The second kappa shape index (κ2) is 4.66. The van der Waals surface area contributed by atoms with Crippen molar-refractivity contribution in [2.24, 2.45) is 10.8 Å². The molecule has 0 aromatic carbocycles. The highest BCUT2D eigenvalue weighted by Crippen LogP contribution is 2.38. The van der Waals surface area contributed by atoms with E-state index in [0.717, 1.165) is 0 Å². The summed E-state index contributed by atoms with van der Waals surface area (Å²) in [5.74, 6) is 0. The van der Waals surface area contributed by atoms with Crippen LogP contribution in [-0.4, -0.2) is 37.6 Å². The highest BCUT2D eigenvalue weighted by atomic mass is 15.1. The van der Waals surface area contributed by atoms with Crippen LogP contribution in [0.15, 0.2) is 0 Å². The van der Waals surface area contributed by atoms with Gasteiger partial charge >= 0.3 is 0 Å². The Balaban J connectivity index is 1.92. The average molecular weight is 224 g/mol. The summed E-state index contributed by atoms with van der Waals surface area (Å²) < 4.78 is 0. The van der Waals surface area contributed by atoms with E-state index in [1.165, 1.54) is 58.4 Å². The molecule has 0 radical (unpaired) electrons. The van der Waals surface area contributed by atoms with E-state index < -0.39 is 0 Å². The van der Waals surface area contributed by atoms with Gasteiger partial charge in [-0.05, 0) is 56.1 Å². The molecule has 0 atom stereocenters. The quantitative estimate of drug-likeness (QED) is 0.736. The van der Waals surface area contributed by atoms with Crippen LogP contribution in [0, 0.1) is 10.8 Å². The molecule has 1 N–H and O–H groups in total. The van der Waals surface area contributed by atoms with E-state index in [2.05, 4.69) is 31.0 Å². The molecule has 0 bridgehead atoms. The summed E-state index contributed by atoms with van der Waals surface area (Å²) in [5.41, 5.74) is 1.11. The first-order valence-corrected chi connectivity index (χ1v) is 6.92. The predicted molar refractivity (Wildman–Crippen MR) is 69.7 cm³/mol. The Morgan fingerprint density at radius 2 is 1.81 bits per heavy atom. The van der Waals surface area contributed by atoms with Crippen LogP contribution in [0.5, 0.6) is 0 Å². The standard InChI is InChI=1S/C14H28N2/c1-13(2,3)11-16-10-4-5-14(12-16)6-8-15-9-7-14/h15H,4-12H2,1-3H3. The molecule has 0 amide bonds. The first-order chi connectivity index (χ1) is 7.49. The van der Waals surface area contributed by atoms with Crippen LogP contribution < -0.4 is 5.32 Å². The molecule has 0 aliphatic carbocycles. The van der Waals surface area contributed by atoms with E-state index in [-0.39, 0.29) is 0 Å². The van der Waals surface area contributed by atoms with Crippen LogP contribution in [0.4, 0.5) is 0 Å². The van der Waals surface area contributed by atoms with E-state index in [0.29, 0.717) is 10.8 Å². The Morgan fingerprint density at radius 3 is 2.44 bits per heavy atom. The number of rotatable bonds is 1. The maximum absolute atomic E-state index is 3.50. The summed E-state index contributed by atoms with van der Waals surface area (Å²) in [4.78, 5) is 2.72. The van der Waals surface area contributed by atoms with Crippen molar-refractivity contribution in [3.63, 3.8) is 0 Å². The molecule has 94 valence electrons. The maximum atomic E-state index is 3.50. The second-order valence-electron chi connectivity index (χ2n) is 7.12. The molecule has 0 unspecified atom stereocenters. The Morgan fingerprint density at radius 1 is 1.12 bits per heavy atom. The van der Waals surface area contributed by atoms with Gasteiger partial charge in [-0.15, -0.1) is 0 Å². The fourth-order valence-corrected chi connectivity index (χ4v) is 3.48. The molecule has 0 aromatic rings. The predicted octanol–water partition coefficient (Wildman–Crippen LogP) is 2.50. The van der Waals surface area contributed by atoms with E-state index >= 15 is 0 Å². The van der Waals surface area contributed by atoms with Crippen molar-refractivity contribution in [1.29, 1.82) is 0 Å². The molecule has 2 nitrogen and oxygen atoms in total. The smallest absolute Gasteiger partial charge is 0.00392 e. The van der Waals surface area contributed by atoms with Crippen molar-refractivity contribution >= 4 is 0 Å². The third-order valence-corrected chi connectivity index (χ3v) is 4.10. The molecular formula is C14H28N2. The number of nitrogens with zero attached hydrogens (tertiary/aromatic N) is 1. The summed E-state index contributed by atoms with van der Waals surface area (Å²) in [6.45, 7) is 13.5. The summed E-state index contributed by atoms with van der Waals surface area (Å²) >= 11 is 0. The largest absolute Gasteiger partial charge is 0.317 e. The first kappa shape index (κ1) is 12.4. The lowest BCUT2D eigenvalue weighted by Crippen LogP contribution is -2.50. The van der Waals surface area contributed by atoms with Crippen LogP contribution in [-0.2, 0) is 0 Å². The van der Waals surface area contributed by atoms with Crippen molar-refractivity contribution in [3.8, 4) is 0 Å². The van der Waals surface area contributed by atoms with Gasteiger partial charge in [0.1, 0.15) is 0 Å². The fourth-order valence-electron chi connectivity index (χ4n) is 3.48.